The zero-order chi connectivity index (χ0) is 8.74. The van der Waals surface area contributed by atoms with Gasteiger partial charge in [-0.25, -0.2) is 0 Å². The molecule has 0 amide bonds. The molecule has 1 radical (unpaired) electrons. The fourth-order valence-electron chi connectivity index (χ4n) is 0.718. The van der Waals surface area contributed by atoms with Gasteiger partial charge in [-0.05, 0) is 27.2 Å². The minimum absolute atomic E-state index is 0.171. The lowest BCUT2D eigenvalue weighted by Gasteiger charge is -2.06. The molecule has 0 aliphatic rings. The van der Waals surface area contributed by atoms with Crippen molar-refractivity contribution in [1.29, 1.82) is 0 Å². The average Bonchev–Trinajstić information content (AvgIpc) is 1.85. The minimum atomic E-state index is 0.171. The second kappa shape index (κ2) is 5.24. The van der Waals surface area contributed by atoms with Gasteiger partial charge in [-0.2, -0.15) is 0 Å². The van der Waals surface area contributed by atoms with Crippen molar-refractivity contribution < 1.29 is 0 Å². The van der Waals surface area contributed by atoms with Crippen molar-refractivity contribution >= 4 is 0 Å². The lowest BCUT2D eigenvalue weighted by atomic mass is 9.98. The van der Waals surface area contributed by atoms with Crippen molar-refractivity contribution in [1.82, 2.24) is 0 Å². The SMILES string of the molecule is [CH2]CCCCC#CC(C)(C)C. The van der Waals surface area contributed by atoms with Crippen LogP contribution in [-0.2, 0) is 0 Å². The minimum Gasteiger partial charge on any atom is -0.103 e. The highest BCUT2D eigenvalue weighted by molar-refractivity contribution is 5.06. The molecule has 0 aliphatic carbocycles. The quantitative estimate of drug-likeness (QED) is 0.428. The highest BCUT2D eigenvalue weighted by atomic mass is 14.1. The van der Waals surface area contributed by atoms with Gasteiger partial charge in [0.2, 0.25) is 0 Å². The Kier molecular flexibility index (Phi) is 5.03. The average molecular weight is 151 g/mol. The summed E-state index contributed by atoms with van der Waals surface area (Å²) in [6.45, 7) is 10.2. The molecular weight excluding hydrogens is 132 g/mol. The molecule has 0 saturated carbocycles. The van der Waals surface area contributed by atoms with Crippen molar-refractivity contribution in [2.75, 3.05) is 0 Å². The number of hydrogen-bond donors (Lipinski definition) is 0. The van der Waals surface area contributed by atoms with Gasteiger partial charge in [0.1, 0.15) is 0 Å². The molecule has 0 atom stereocenters. The molecule has 0 aromatic rings. The molecule has 0 aliphatic heterocycles. The second-order valence-corrected chi connectivity index (χ2v) is 3.86. The molecule has 0 aromatic heterocycles. The summed E-state index contributed by atoms with van der Waals surface area (Å²) in [6, 6.07) is 0. The second-order valence-electron chi connectivity index (χ2n) is 3.86. The van der Waals surface area contributed by atoms with Gasteiger partial charge in [-0.3, -0.25) is 0 Å². The maximum absolute atomic E-state index is 3.78. The number of rotatable bonds is 3. The smallest absolute Gasteiger partial charge is 0.0230 e. The van der Waals surface area contributed by atoms with Crippen LogP contribution >= 0.6 is 0 Å². The van der Waals surface area contributed by atoms with Crippen molar-refractivity contribution in [2.24, 2.45) is 5.41 Å². The molecule has 0 saturated heterocycles. The summed E-state index contributed by atoms with van der Waals surface area (Å²) >= 11 is 0. The van der Waals surface area contributed by atoms with Crippen LogP contribution in [0.15, 0.2) is 0 Å². The Bertz CT molecular complexity index is 138. The van der Waals surface area contributed by atoms with Crippen LogP contribution < -0.4 is 0 Å². The maximum atomic E-state index is 3.78. The zero-order valence-electron chi connectivity index (χ0n) is 8.04. The first kappa shape index (κ1) is 10.6. The van der Waals surface area contributed by atoms with Crippen LogP contribution in [0.4, 0.5) is 0 Å². The van der Waals surface area contributed by atoms with Gasteiger partial charge in [0.25, 0.3) is 0 Å². The van der Waals surface area contributed by atoms with E-state index in [1.807, 2.05) is 0 Å². The van der Waals surface area contributed by atoms with E-state index in [2.05, 4.69) is 39.5 Å². The molecule has 0 spiro atoms. The van der Waals surface area contributed by atoms with Crippen LogP contribution in [0.3, 0.4) is 0 Å². The molecule has 0 nitrogen and oxygen atoms in total. The Morgan fingerprint density at radius 1 is 1.18 bits per heavy atom. The summed E-state index contributed by atoms with van der Waals surface area (Å²) in [5.74, 6) is 6.39. The van der Waals surface area contributed by atoms with Gasteiger partial charge in [0.15, 0.2) is 0 Å². The van der Waals surface area contributed by atoms with Crippen LogP contribution in [0.1, 0.15) is 46.5 Å². The van der Waals surface area contributed by atoms with Gasteiger partial charge >= 0.3 is 0 Å². The van der Waals surface area contributed by atoms with Gasteiger partial charge in [0.05, 0.1) is 0 Å². The Balaban J connectivity index is 3.41. The van der Waals surface area contributed by atoms with Crippen LogP contribution in [0.2, 0.25) is 0 Å². The van der Waals surface area contributed by atoms with E-state index in [0.717, 1.165) is 12.8 Å². The van der Waals surface area contributed by atoms with Crippen molar-refractivity contribution in [3.8, 4) is 11.8 Å². The molecule has 0 heteroatoms. The van der Waals surface area contributed by atoms with E-state index in [9.17, 15) is 0 Å². The molecule has 63 valence electrons. The van der Waals surface area contributed by atoms with E-state index < -0.39 is 0 Å². The highest BCUT2D eigenvalue weighted by Crippen LogP contribution is 2.10. The summed E-state index contributed by atoms with van der Waals surface area (Å²) in [4.78, 5) is 0. The van der Waals surface area contributed by atoms with E-state index in [4.69, 9.17) is 0 Å². The first-order valence-corrected chi connectivity index (χ1v) is 4.35. The van der Waals surface area contributed by atoms with Crippen molar-refractivity contribution in [3.63, 3.8) is 0 Å². The predicted molar refractivity (Wildman–Crippen MR) is 51.1 cm³/mol. The molecule has 0 unspecified atom stereocenters. The molecule has 0 bridgehead atoms. The Hall–Kier alpha value is -0.440. The van der Waals surface area contributed by atoms with Gasteiger partial charge in [0, 0.05) is 11.8 Å². The summed E-state index contributed by atoms with van der Waals surface area (Å²) in [5, 5.41) is 0. The van der Waals surface area contributed by atoms with E-state index in [-0.39, 0.29) is 5.41 Å². The Morgan fingerprint density at radius 2 is 1.82 bits per heavy atom. The Morgan fingerprint density at radius 3 is 2.27 bits per heavy atom. The van der Waals surface area contributed by atoms with E-state index >= 15 is 0 Å². The third-order valence-electron chi connectivity index (χ3n) is 1.27. The molecular formula is C11H19. The number of unbranched alkanes of at least 4 members (excludes halogenated alkanes) is 3. The van der Waals surface area contributed by atoms with Crippen LogP contribution in [-0.4, -0.2) is 0 Å². The maximum Gasteiger partial charge on any atom is 0.0230 e. The van der Waals surface area contributed by atoms with Gasteiger partial charge in [-0.15, -0.1) is 5.92 Å². The summed E-state index contributed by atoms with van der Waals surface area (Å²) in [5.41, 5.74) is 0.171. The van der Waals surface area contributed by atoms with E-state index in [1.54, 1.807) is 0 Å². The normalized spacial score (nSPS) is 10.5. The summed E-state index contributed by atoms with van der Waals surface area (Å²) < 4.78 is 0. The van der Waals surface area contributed by atoms with Crippen molar-refractivity contribution in [2.45, 2.75) is 46.5 Å². The summed E-state index contributed by atoms with van der Waals surface area (Å²) in [6.07, 6.45) is 4.48. The highest BCUT2D eigenvalue weighted by Gasteiger charge is 2.02. The largest absolute Gasteiger partial charge is 0.103 e. The van der Waals surface area contributed by atoms with Crippen molar-refractivity contribution in [3.05, 3.63) is 6.92 Å². The first-order chi connectivity index (χ1) is 5.06. The lowest BCUT2D eigenvalue weighted by Crippen LogP contribution is -1.98. The van der Waals surface area contributed by atoms with Gasteiger partial charge < -0.3 is 0 Å². The molecule has 0 N–H and O–H groups in total. The van der Waals surface area contributed by atoms with Crippen LogP contribution in [0, 0.1) is 24.2 Å². The summed E-state index contributed by atoms with van der Waals surface area (Å²) in [7, 11) is 0. The lowest BCUT2D eigenvalue weighted by molar-refractivity contribution is 0.569. The first-order valence-electron chi connectivity index (χ1n) is 4.35. The van der Waals surface area contributed by atoms with Crippen LogP contribution in [0.25, 0.3) is 0 Å². The standard InChI is InChI=1S/C11H19/c1-5-6-7-8-9-10-11(2,3)4/h1,5-8H2,2-4H3. The molecule has 0 aromatic carbocycles. The van der Waals surface area contributed by atoms with E-state index in [0.29, 0.717) is 0 Å². The molecule has 11 heavy (non-hydrogen) atoms. The number of hydrogen-bond acceptors (Lipinski definition) is 0. The molecule has 0 heterocycles. The topological polar surface area (TPSA) is 0 Å². The fourth-order valence-corrected chi connectivity index (χ4v) is 0.718. The molecule has 0 fully saturated rings. The van der Waals surface area contributed by atoms with E-state index in [1.165, 1.54) is 12.8 Å². The molecule has 0 rings (SSSR count). The third kappa shape index (κ3) is 9.56. The monoisotopic (exact) mass is 151 g/mol. The third-order valence-corrected chi connectivity index (χ3v) is 1.27. The predicted octanol–water partition coefficient (Wildman–Crippen LogP) is 3.43. The van der Waals surface area contributed by atoms with Crippen LogP contribution in [0.5, 0.6) is 0 Å². The van der Waals surface area contributed by atoms with Gasteiger partial charge in [-0.1, -0.05) is 25.7 Å². The fraction of sp³-hybridized carbons (Fsp3) is 0.727. The zero-order valence-corrected chi connectivity index (χ0v) is 8.04. The Labute approximate surface area is 71.4 Å².